The summed E-state index contributed by atoms with van der Waals surface area (Å²) < 4.78 is 26.7. The van der Waals surface area contributed by atoms with Crippen LogP contribution in [0.1, 0.15) is 16.1 Å². The third kappa shape index (κ3) is 2.16. The predicted octanol–water partition coefficient (Wildman–Crippen LogP) is 4.12. The van der Waals surface area contributed by atoms with E-state index in [0.717, 1.165) is 0 Å². The van der Waals surface area contributed by atoms with E-state index in [1.807, 2.05) is 0 Å². The van der Waals surface area contributed by atoms with Gasteiger partial charge in [-0.25, -0.2) is 13.6 Å². The van der Waals surface area contributed by atoms with Gasteiger partial charge in [-0.05, 0) is 42.3 Å². The van der Waals surface area contributed by atoms with Gasteiger partial charge in [-0.1, -0.05) is 12.1 Å². The van der Waals surface area contributed by atoms with Gasteiger partial charge in [-0.15, -0.1) is 0 Å². The van der Waals surface area contributed by atoms with Crippen LogP contribution in [0, 0.1) is 18.6 Å². The fourth-order valence-electron chi connectivity index (χ4n) is 2.51. The van der Waals surface area contributed by atoms with Gasteiger partial charge in [0.05, 0.1) is 0 Å². The highest BCUT2D eigenvalue weighted by Crippen LogP contribution is 2.34. The zero-order valence-electron chi connectivity index (χ0n) is 11.1. The molecule has 21 heavy (non-hydrogen) atoms. The predicted molar refractivity (Wildman–Crippen MR) is 75.3 cm³/mol. The van der Waals surface area contributed by atoms with Gasteiger partial charge in [0, 0.05) is 16.5 Å². The second-order valence-corrected chi connectivity index (χ2v) is 4.83. The average Bonchev–Trinajstić information content (AvgIpc) is 2.79. The molecule has 0 aliphatic rings. The maximum atomic E-state index is 13.6. The molecule has 3 rings (SSSR count). The van der Waals surface area contributed by atoms with Crippen molar-refractivity contribution in [3.8, 4) is 11.1 Å². The van der Waals surface area contributed by atoms with E-state index in [1.165, 1.54) is 36.4 Å². The molecule has 106 valence electrons. The molecule has 2 aromatic carbocycles. The minimum atomic E-state index is -1.15. The number of rotatable bonds is 2. The largest absolute Gasteiger partial charge is 0.477 e. The van der Waals surface area contributed by atoms with Gasteiger partial charge in [0.15, 0.2) is 0 Å². The minimum Gasteiger partial charge on any atom is -0.477 e. The second kappa shape index (κ2) is 4.70. The summed E-state index contributed by atoms with van der Waals surface area (Å²) in [4.78, 5) is 14.2. The van der Waals surface area contributed by atoms with E-state index in [0.29, 0.717) is 27.6 Å². The Morgan fingerprint density at radius 3 is 2.38 bits per heavy atom. The Labute approximate surface area is 118 Å². The number of nitrogens with one attached hydrogen (secondary N) is 1. The standard InChI is InChI=1S/C16H11F2NO2/c1-8-6-11(18)7-12-13(9-2-4-10(17)5-3-9)15(16(20)21)19-14(8)12/h2-7,19H,1H3,(H,20,21). The Morgan fingerprint density at radius 1 is 1.10 bits per heavy atom. The summed E-state index contributed by atoms with van der Waals surface area (Å²) in [6.45, 7) is 1.70. The summed E-state index contributed by atoms with van der Waals surface area (Å²) in [7, 11) is 0. The van der Waals surface area contributed by atoms with Crippen LogP contribution in [0.15, 0.2) is 36.4 Å². The van der Waals surface area contributed by atoms with Crippen molar-refractivity contribution < 1.29 is 18.7 Å². The number of halogens is 2. The van der Waals surface area contributed by atoms with Crippen LogP contribution in [0.4, 0.5) is 8.78 Å². The number of carboxylic acid groups (broad SMARTS) is 1. The van der Waals surface area contributed by atoms with E-state index in [9.17, 15) is 18.7 Å². The lowest BCUT2D eigenvalue weighted by molar-refractivity contribution is 0.0692. The number of aromatic carboxylic acids is 1. The van der Waals surface area contributed by atoms with Crippen LogP contribution in [0.25, 0.3) is 22.0 Å². The Morgan fingerprint density at radius 2 is 1.76 bits per heavy atom. The lowest BCUT2D eigenvalue weighted by atomic mass is 10.0. The van der Waals surface area contributed by atoms with Crippen LogP contribution in [-0.4, -0.2) is 16.1 Å². The highest BCUT2D eigenvalue weighted by molar-refractivity contribution is 6.08. The number of aryl methyl sites for hydroxylation is 1. The zero-order chi connectivity index (χ0) is 15.1. The number of fused-ring (bicyclic) bond motifs is 1. The van der Waals surface area contributed by atoms with Crippen LogP contribution >= 0.6 is 0 Å². The highest BCUT2D eigenvalue weighted by Gasteiger charge is 2.20. The van der Waals surface area contributed by atoms with E-state index < -0.39 is 17.6 Å². The Bertz CT molecular complexity index is 851. The first-order valence-corrected chi connectivity index (χ1v) is 6.28. The molecule has 0 saturated carbocycles. The van der Waals surface area contributed by atoms with E-state index in [1.54, 1.807) is 6.92 Å². The van der Waals surface area contributed by atoms with Gasteiger partial charge in [0.25, 0.3) is 0 Å². The van der Waals surface area contributed by atoms with Gasteiger partial charge < -0.3 is 10.1 Å². The third-order valence-electron chi connectivity index (χ3n) is 3.42. The van der Waals surface area contributed by atoms with E-state index in [4.69, 9.17) is 0 Å². The first-order valence-electron chi connectivity index (χ1n) is 6.28. The Hall–Kier alpha value is -2.69. The fourth-order valence-corrected chi connectivity index (χ4v) is 2.51. The van der Waals surface area contributed by atoms with Crippen LogP contribution in [-0.2, 0) is 0 Å². The number of H-pyrrole nitrogens is 1. The fraction of sp³-hybridized carbons (Fsp3) is 0.0625. The monoisotopic (exact) mass is 287 g/mol. The minimum absolute atomic E-state index is 0.0368. The molecule has 1 aromatic heterocycles. The maximum absolute atomic E-state index is 13.6. The Kier molecular flexibility index (Phi) is 2.97. The van der Waals surface area contributed by atoms with Crippen molar-refractivity contribution in [3.05, 3.63) is 59.3 Å². The molecule has 1 heterocycles. The first kappa shape index (κ1) is 13.3. The lowest BCUT2D eigenvalue weighted by Crippen LogP contribution is -1.98. The van der Waals surface area contributed by atoms with Gasteiger partial charge in [0.1, 0.15) is 17.3 Å². The van der Waals surface area contributed by atoms with Crippen molar-refractivity contribution in [2.45, 2.75) is 6.92 Å². The average molecular weight is 287 g/mol. The number of hydrogen-bond acceptors (Lipinski definition) is 1. The Balaban J connectivity index is 2.40. The highest BCUT2D eigenvalue weighted by atomic mass is 19.1. The van der Waals surface area contributed by atoms with Crippen LogP contribution in [0.2, 0.25) is 0 Å². The molecule has 0 fully saturated rings. The molecule has 0 saturated heterocycles. The molecule has 0 amide bonds. The third-order valence-corrected chi connectivity index (χ3v) is 3.42. The molecule has 2 N–H and O–H groups in total. The van der Waals surface area contributed by atoms with Crippen LogP contribution < -0.4 is 0 Å². The molecule has 0 atom stereocenters. The number of carboxylic acids is 1. The number of aromatic amines is 1. The number of carbonyl (C=O) groups is 1. The van der Waals surface area contributed by atoms with Crippen LogP contribution in [0.3, 0.4) is 0 Å². The summed E-state index contributed by atoms with van der Waals surface area (Å²) >= 11 is 0. The summed E-state index contributed by atoms with van der Waals surface area (Å²) in [5.74, 6) is -2.01. The summed E-state index contributed by atoms with van der Waals surface area (Å²) in [6.07, 6.45) is 0. The van der Waals surface area contributed by atoms with E-state index >= 15 is 0 Å². The molecular formula is C16H11F2NO2. The van der Waals surface area contributed by atoms with E-state index in [-0.39, 0.29) is 5.69 Å². The molecule has 5 heteroatoms. The smallest absolute Gasteiger partial charge is 0.352 e. The first-order chi connectivity index (χ1) is 9.97. The summed E-state index contributed by atoms with van der Waals surface area (Å²) in [5.41, 5.74) is 2.02. The van der Waals surface area contributed by atoms with Crippen LogP contribution in [0.5, 0.6) is 0 Å². The number of aromatic nitrogens is 1. The zero-order valence-corrected chi connectivity index (χ0v) is 11.1. The summed E-state index contributed by atoms with van der Waals surface area (Å²) in [6, 6.07) is 8.05. The van der Waals surface area contributed by atoms with Crippen molar-refractivity contribution in [1.82, 2.24) is 4.98 Å². The maximum Gasteiger partial charge on any atom is 0.352 e. The molecule has 0 aliphatic heterocycles. The van der Waals surface area contributed by atoms with Crippen molar-refractivity contribution in [2.75, 3.05) is 0 Å². The topological polar surface area (TPSA) is 53.1 Å². The van der Waals surface area contributed by atoms with Gasteiger partial charge in [-0.2, -0.15) is 0 Å². The molecule has 0 bridgehead atoms. The van der Waals surface area contributed by atoms with Crippen molar-refractivity contribution in [1.29, 1.82) is 0 Å². The van der Waals surface area contributed by atoms with Gasteiger partial charge >= 0.3 is 5.97 Å². The molecular weight excluding hydrogens is 276 g/mol. The molecule has 0 unspecified atom stereocenters. The van der Waals surface area contributed by atoms with Gasteiger partial charge in [-0.3, -0.25) is 0 Å². The van der Waals surface area contributed by atoms with Crippen molar-refractivity contribution >= 4 is 16.9 Å². The molecule has 0 spiro atoms. The number of hydrogen-bond donors (Lipinski definition) is 2. The molecule has 3 aromatic rings. The molecule has 0 aliphatic carbocycles. The SMILES string of the molecule is Cc1cc(F)cc2c(-c3ccc(F)cc3)c(C(=O)O)[nH]c12. The quantitative estimate of drug-likeness (QED) is 0.745. The molecule has 0 radical (unpaired) electrons. The lowest BCUT2D eigenvalue weighted by Gasteiger charge is -2.03. The molecule has 3 nitrogen and oxygen atoms in total. The number of benzene rings is 2. The normalized spacial score (nSPS) is 11.0. The summed E-state index contributed by atoms with van der Waals surface area (Å²) in [5, 5.41) is 9.81. The van der Waals surface area contributed by atoms with Crippen molar-refractivity contribution in [3.63, 3.8) is 0 Å². The van der Waals surface area contributed by atoms with Gasteiger partial charge in [0.2, 0.25) is 0 Å². The van der Waals surface area contributed by atoms with E-state index in [2.05, 4.69) is 4.98 Å². The second-order valence-electron chi connectivity index (χ2n) is 4.83. The van der Waals surface area contributed by atoms with Crippen molar-refractivity contribution in [2.24, 2.45) is 0 Å².